The lowest BCUT2D eigenvalue weighted by atomic mass is 10.3. The molecule has 1 aromatic heterocycles. The van der Waals surface area contributed by atoms with Crippen molar-refractivity contribution in [1.82, 2.24) is 4.98 Å². The van der Waals surface area contributed by atoms with E-state index in [1.165, 1.54) is 17.4 Å². The van der Waals surface area contributed by atoms with E-state index < -0.39 is 0 Å². The SMILES string of the molecule is Fc1cc(Cl)cc2sc(=S)[nH]c12. The van der Waals surface area contributed by atoms with Crippen molar-refractivity contribution in [3.63, 3.8) is 0 Å². The monoisotopic (exact) mass is 219 g/mol. The Hall–Kier alpha value is -0.450. The molecular formula is C7H3ClFNS2. The van der Waals surface area contributed by atoms with Crippen LogP contribution in [0.3, 0.4) is 0 Å². The predicted molar refractivity (Wildman–Crippen MR) is 52.0 cm³/mol. The molecule has 0 spiro atoms. The van der Waals surface area contributed by atoms with Gasteiger partial charge in [0, 0.05) is 5.02 Å². The van der Waals surface area contributed by atoms with Gasteiger partial charge < -0.3 is 4.98 Å². The van der Waals surface area contributed by atoms with Gasteiger partial charge in [-0.2, -0.15) is 0 Å². The molecule has 0 fully saturated rings. The highest BCUT2D eigenvalue weighted by Gasteiger charge is 2.04. The number of hydrogen-bond donors (Lipinski definition) is 1. The average molecular weight is 220 g/mol. The van der Waals surface area contributed by atoms with E-state index >= 15 is 0 Å². The first-order valence-corrected chi connectivity index (χ1v) is 4.75. The topological polar surface area (TPSA) is 15.8 Å². The molecule has 2 rings (SSSR count). The van der Waals surface area contributed by atoms with Gasteiger partial charge in [-0.15, -0.1) is 11.3 Å². The second kappa shape index (κ2) is 2.80. The maximum atomic E-state index is 13.1. The van der Waals surface area contributed by atoms with E-state index in [-0.39, 0.29) is 5.82 Å². The average Bonchev–Trinajstić information content (AvgIpc) is 2.29. The molecule has 0 saturated carbocycles. The van der Waals surface area contributed by atoms with E-state index in [0.717, 1.165) is 4.70 Å². The van der Waals surface area contributed by atoms with Crippen LogP contribution in [0.25, 0.3) is 10.2 Å². The Balaban J connectivity index is 2.97. The van der Waals surface area contributed by atoms with E-state index in [9.17, 15) is 4.39 Å². The lowest BCUT2D eigenvalue weighted by Gasteiger charge is -1.91. The summed E-state index contributed by atoms with van der Waals surface area (Å²) < 4.78 is 14.4. The van der Waals surface area contributed by atoms with Crippen molar-refractivity contribution in [2.45, 2.75) is 0 Å². The Morgan fingerprint density at radius 2 is 2.25 bits per heavy atom. The van der Waals surface area contributed by atoms with Crippen LogP contribution in [-0.2, 0) is 0 Å². The van der Waals surface area contributed by atoms with Crippen molar-refractivity contribution < 1.29 is 4.39 Å². The normalized spacial score (nSPS) is 10.8. The molecule has 2 aromatic rings. The number of benzene rings is 1. The van der Waals surface area contributed by atoms with Crippen LogP contribution in [0.4, 0.5) is 4.39 Å². The van der Waals surface area contributed by atoms with Gasteiger partial charge >= 0.3 is 0 Å². The fourth-order valence-corrected chi connectivity index (χ4v) is 2.41. The Kier molecular flexibility index (Phi) is 1.90. The van der Waals surface area contributed by atoms with Crippen LogP contribution in [0.5, 0.6) is 0 Å². The van der Waals surface area contributed by atoms with Gasteiger partial charge in [0.1, 0.15) is 5.82 Å². The molecule has 0 unspecified atom stereocenters. The van der Waals surface area contributed by atoms with Gasteiger partial charge in [0.15, 0.2) is 3.95 Å². The first-order chi connectivity index (χ1) is 5.66. The van der Waals surface area contributed by atoms with Crippen molar-refractivity contribution in [3.8, 4) is 0 Å². The van der Waals surface area contributed by atoms with E-state index in [1.807, 2.05) is 0 Å². The molecule has 0 aliphatic carbocycles. The summed E-state index contributed by atoms with van der Waals surface area (Å²) in [4.78, 5) is 2.75. The molecule has 0 bridgehead atoms. The van der Waals surface area contributed by atoms with Gasteiger partial charge in [0.25, 0.3) is 0 Å². The minimum atomic E-state index is -0.357. The lowest BCUT2D eigenvalue weighted by molar-refractivity contribution is 0.637. The van der Waals surface area contributed by atoms with Crippen molar-refractivity contribution in [2.75, 3.05) is 0 Å². The molecular weight excluding hydrogens is 217 g/mol. The smallest absolute Gasteiger partial charge is 0.159 e. The van der Waals surface area contributed by atoms with Gasteiger partial charge in [-0.1, -0.05) is 11.6 Å². The molecule has 1 nitrogen and oxygen atoms in total. The molecule has 12 heavy (non-hydrogen) atoms. The number of nitrogens with one attached hydrogen (secondary N) is 1. The van der Waals surface area contributed by atoms with Crippen LogP contribution >= 0.6 is 35.2 Å². The van der Waals surface area contributed by atoms with E-state index in [0.29, 0.717) is 14.5 Å². The van der Waals surface area contributed by atoms with Crippen molar-refractivity contribution in [3.05, 3.63) is 26.9 Å². The van der Waals surface area contributed by atoms with Crippen LogP contribution < -0.4 is 0 Å². The van der Waals surface area contributed by atoms with Crippen molar-refractivity contribution in [1.29, 1.82) is 0 Å². The fraction of sp³-hybridized carbons (Fsp3) is 0. The van der Waals surface area contributed by atoms with E-state index in [2.05, 4.69) is 4.98 Å². The summed E-state index contributed by atoms with van der Waals surface area (Å²) in [5.74, 6) is -0.357. The molecule has 0 aliphatic heterocycles. The highest BCUT2D eigenvalue weighted by Crippen LogP contribution is 2.25. The molecule has 1 heterocycles. The summed E-state index contributed by atoms with van der Waals surface area (Å²) in [7, 11) is 0. The third-order valence-corrected chi connectivity index (χ3v) is 2.85. The molecule has 62 valence electrons. The lowest BCUT2D eigenvalue weighted by Crippen LogP contribution is -1.76. The first-order valence-electron chi connectivity index (χ1n) is 3.15. The van der Waals surface area contributed by atoms with Crippen LogP contribution in [0.15, 0.2) is 12.1 Å². The molecule has 0 amide bonds. The van der Waals surface area contributed by atoms with Crippen LogP contribution in [0.1, 0.15) is 0 Å². The largest absolute Gasteiger partial charge is 0.335 e. The number of thiazole rings is 1. The Morgan fingerprint density at radius 1 is 1.50 bits per heavy atom. The van der Waals surface area contributed by atoms with Crippen LogP contribution in [0.2, 0.25) is 5.02 Å². The summed E-state index contributed by atoms with van der Waals surface area (Å²) >= 11 is 11.8. The minimum absolute atomic E-state index is 0.357. The maximum absolute atomic E-state index is 13.1. The second-order valence-electron chi connectivity index (χ2n) is 2.28. The quantitative estimate of drug-likeness (QED) is 0.668. The van der Waals surface area contributed by atoms with Crippen molar-refractivity contribution in [2.24, 2.45) is 0 Å². The van der Waals surface area contributed by atoms with Gasteiger partial charge in [-0.3, -0.25) is 0 Å². The fourth-order valence-electron chi connectivity index (χ4n) is 0.979. The maximum Gasteiger partial charge on any atom is 0.159 e. The number of aromatic amines is 1. The van der Waals surface area contributed by atoms with E-state index in [4.69, 9.17) is 23.8 Å². The van der Waals surface area contributed by atoms with Crippen LogP contribution in [0, 0.1) is 9.77 Å². The Morgan fingerprint density at radius 3 is 3.00 bits per heavy atom. The third kappa shape index (κ3) is 1.26. The number of rotatable bonds is 0. The van der Waals surface area contributed by atoms with Crippen LogP contribution in [-0.4, -0.2) is 4.98 Å². The summed E-state index contributed by atoms with van der Waals surface area (Å²) in [5, 5.41) is 0.394. The molecule has 0 atom stereocenters. The van der Waals surface area contributed by atoms with E-state index in [1.54, 1.807) is 6.07 Å². The van der Waals surface area contributed by atoms with Crippen molar-refractivity contribution >= 4 is 45.4 Å². The van der Waals surface area contributed by atoms with Gasteiger partial charge in [-0.25, -0.2) is 4.39 Å². The number of aromatic nitrogens is 1. The molecule has 0 saturated heterocycles. The predicted octanol–water partition coefficient (Wildman–Crippen LogP) is 3.75. The zero-order valence-electron chi connectivity index (χ0n) is 5.73. The number of hydrogen-bond acceptors (Lipinski definition) is 2. The molecule has 0 radical (unpaired) electrons. The zero-order chi connectivity index (χ0) is 8.72. The highest BCUT2D eigenvalue weighted by atomic mass is 35.5. The zero-order valence-corrected chi connectivity index (χ0v) is 8.12. The highest BCUT2D eigenvalue weighted by molar-refractivity contribution is 7.73. The Labute approximate surface area is 81.8 Å². The second-order valence-corrected chi connectivity index (χ2v) is 4.43. The number of H-pyrrole nitrogens is 1. The molecule has 5 heteroatoms. The number of halogens is 2. The first kappa shape index (κ1) is 8.16. The molecule has 0 aliphatic rings. The molecule has 1 aromatic carbocycles. The third-order valence-electron chi connectivity index (χ3n) is 1.45. The minimum Gasteiger partial charge on any atom is -0.335 e. The summed E-state index contributed by atoms with van der Waals surface area (Å²) in [6, 6.07) is 2.96. The van der Waals surface area contributed by atoms with Gasteiger partial charge in [0.2, 0.25) is 0 Å². The summed E-state index contributed by atoms with van der Waals surface area (Å²) in [5.41, 5.74) is 0.439. The standard InChI is InChI=1S/C7H3ClFNS2/c8-3-1-4(9)6-5(2-3)12-7(11)10-6/h1-2H,(H,10,11). The van der Waals surface area contributed by atoms with Gasteiger partial charge in [0.05, 0.1) is 10.2 Å². The Bertz CT molecular complexity index is 488. The molecule has 1 N–H and O–H groups in total. The summed E-state index contributed by atoms with van der Waals surface area (Å²) in [6.45, 7) is 0. The van der Waals surface area contributed by atoms with Gasteiger partial charge in [-0.05, 0) is 24.4 Å². The summed E-state index contributed by atoms with van der Waals surface area (Å²) in [6.07, 6.45) is 0. The number of fused-ring (bicyclic) bond motifs is 1.